The molecule has 1 aromatic carbocycles. The van der Waals surface area contributed by atoms with Gasteiger partial charge in [-0.1, -0.05) is 147 Å². The van der Waals surface area contributed by atoms with Gasteiger partial charge in [0.05, 0.1) is 14.2 Å². The normalized spacial score (nSPS) is 11.5. The SMILES string of the molecule is CCCCCCCCC=CCCCCCCCCCCCCCCCCCCCc1cc(OC)cc(OC)c1O. The Kier molecular flexibility index (Phi) is 25.0. The first kappa shape index (κ1) is 36.4. The van der Waals surface area contributed by atoms with Crippen molar-refractivity contribution in [3.63, 3.8) is 0 Å². The molecule has 0 radical (unpaired) electrons. The number of hydrogen-bond donors (Lipinski definition) is 1. The van der Waals surface area contributed by atoms with E-state index < -0.39 is 0 Å². The van der Waals surface area contributed by atoms with E-state index >= 15 is 0 Å². The number of allylic oxidation sites excluding steroid dienone is 2. The number of phenols is 1. The van der Waals surface area contributed by atoms with Crippen LogP contribution in [0.25, 0.3) is 0 Å². The molecule has 0 unspecified atom stereocenters. The van der Waals surface area contributed by atoms with Crippen LogP contribution in [0.5, 0.6) is 17.2 Å². The maximum Gasteiger partial charge on any atom is 0.164 e. The van der Waals surface area contributed by atoms with E-state index in [2.05, 4.69) is 19.1 Å². The lowest BCUT2D eigenvalue weighted by Crippen LogP contribution is -1.94. The third-order valence-corrected chi connectivity index (χ3v) is 8.29. The van der Waals surface area contributed by atoms with Gasteiger partial charge < -0.3 is 14.6 Å². The van der Waals surface area contributed by atoms with Gasteiger partial charge in [0.15, 0.2) is 11.5 Å². The molecule has 0 bridgehead atoms. The average molecular weight is 559 g/mol. The van der Waals surface area contributed by atoms with Gasteiger partial charge in [0.25, 0.3) is 0 Å². The first-order valence-electron chi connectivity index (χ1n) is 17.3. The van der Waals surface area contributed by atoms with Crippen molar-refractivity contribution >= 4 is 0 Å². The molecule has 3 nitrogen and oxygen atoms in total. The highest BCUT2D eigenvalue weighted by atomic mass is 16.5. The number of phenolic OH excluding ortho intramolecular Hbond substituents is 1. The second-order valence-electron chi connectivity index (χ2n) is 11.9. The quantitative estimate of drug-likeness (QED) is 0.0785. The Hall–Kier alpha value is -1.64. The van der Waals surface area contributed by atoms with Gasteiger partial charge in [0, 0.05) is 11.6 Å². The molecule has 0 aliphatic carbocycles. The Morgan fingerprint density at radius 3 is 1.32 bits per heavy atom. The summed E-state index contributed by atoms with van der Waals surface area (Å²) in [6.45, 7) is 2.29. The zero-order chi connectivity index (χ0) is 28.9. The summed E-state index contributed by atoms with van der Waals surface area (Å²) in [6, 6.07) is 3.66. The van der Waals surface area contributed by atoms with Crippen LogP contribution >= 0.6 is 0 Å². The molecule has 1 rings (SSSR count). The van der Waals surface area contributed by atoms with Crippen molar-refractivity contribution in [3.8, 4) is 17.2 Å². The van der Waals surface area contributed by atoms with Gasteiger partial charge in [-0.25, -0.2) is 0 Å². The van der Waals surface area contributed by atoms with Crippen LogP contribution in [0.3, 0.4) is 0 Å². The number of hydrogen-bond acceptors (Lipinski definition) is 3. The van der Waals surface area contributed by atoms with Crippen LogP contribution in [0.15, 0.2) is 24.3 Å². The Labute approximate surface area is 249 Å². The van der Waals surface area contributed by atoms with E-state index in [4.69, 9.17) is 9.47 Å². The number of aromatic hydroxyl groups is 1. The molecule has 0 aliphatic heterocycles. The zero-order valence-corrected chi connectivity index (χ0v) is 27.0. The van der Waals surface area contributed by atoms with E-state index in [-0.39, 0.29) is 5.75 Å². The van der Waals surface area contributed by atoms with Gasteiger partial charge in [-0.3, -0.25) is 0 Å². The molecule has 0 saturated carbocycles. The van der Waals surface area contributed by atoms with Crippen molar-refractivity contribution in [2.45, 2.75) is 174 Å². The van der Waals surface area contributed by atoms with Crippen LogP contribution in [-0.4, -0.2) is 19.3 Å². The summed E-state index contributed by atoms with van der Waals surface area (Å²) in [7, 11) is 3.23. The number of benzene rings is 1. The molecule has 0 aliphatic rings. The minimum absolute atomic E-state index is 0.260. The molecule has 40 heavy (non-hydrogen) atoms. The molecule has 232 valence electrons. The summed E-state index contributed by atoms with van der Waals surface area (Å²) in [6.07, 6.45) is 40.2. The Morgan fingerprint density at radius 1 is 0.525 bits per heavy atom. The molecule has 1 aromatic rings. The van der Waals surface area contributed by atoms with Crippen molar-refractivity contribution < 1.29 is 14.6 Å². The minimum atomic E-state index is 0.260. The van der Waals surface area contributed by atoms with E-state index in [9.17, 15) is 5.11 Å². The maximum atomic E-state index is 10.3. The molecule has 0 atom stereocenters. The highest BCUT2D eigenvalue weighted by molar-refractivity contribution is 5.50. The van der Waals surface area contributed by atoms with Gasteiger partial charge >= 0.3 is 0 Å². The fraction of sp³-hybridized carbons (Fsp3) is 0.784. The van der Waals surface area contributed by atoms with Gasteiger partial charge in [0.1, 0.15) is 5.75 Å². The second kappa shape index (κ2) is 27.5. The Bertz CT molecular complexity index is 712. The zero-order valence-electron chi connectivity index (χ0n) is 27.0. The minimum Gasteiger partial charge on any atom is -0.504 e. The van der Waals surface area contributed by atoms with Crippen LogP contribution in [0.4, 0.5) is 0 Å². The third-order valence-electron chi connectivity index (χ3n) is 8.29. The summed E-state index contributed by atoms with van der Waals surface area (Å²) >= 11 is 0. The molecule has 0 aromatic heterocycles. The lowest BCUT2D eigenvalue weighted by Gasteiger charge is -2.11. The predicted molar refractivity (Wildman–Crippen MR) is 175 cm³/mol. The van der Waals surface area contributed by atoms with E-state index in [0.717, 1.165) is 24.2 Å². The molecule has 1 N–H and O–H groups in total. The Morgan fingerprint density at radius 2 is 0.925 bits per heavy atom. The van der Waals surface area contributed by atoms with Crippen LogP contribution < -0.4 is 9.47 Å². The third kappa shape index (κ3) is 20.3. The highest BCUT2D eigenvalue weighted by Crippen LogP contribution is 2.35. The summed E-state index contributed by atoms with van der Waals surface area (Å²) in [5, 5.41) is 10.3. The Balaban J connectivity index is 1.79. The van der Waals surface area contributed by atoms with Gasteiger partial charge in [-0.05, 0) is 44.6 Å². The second-order valence-corrected chi connectivity index (χ2v) is 11.9. The molecule has 3 heteroatoms. The number of ether oxygens (including phenoxy) is 2. The van der Waals surface area contributed by atoms with Crippen molar-refractivity contribution in [2.75, 3.05) is 14.2 Å². The van der Waals surface area contributed by atoms with Gasteiger partial charge in [0.2, 0.25) is 0 Å². The van der Waals surface area contributed by atoms with E-state index in [0.29, 0.717) is 5.75 Å². The summed E-state index contributed by atoms with van der Waals surface area (Å²) in [4.78, 5) is 0. The van der Waals surface area contributed by atoms with E-state index in [1.165, 1.54) is 154 Å². The average Bonchev–Trinajstić information content (AvgIpc) is 2.97. The number of methoxy groups -OCH3 is 2. The molecular weight excluding hydrogens is 492 g/mol. The maximum absolute atomic E-state index is 10.3. The fourth-order valence-electron chi connectivity index (χ4n) is 5.61. The molecule has 0 spiro atoms. The summed E-state index contributed by atoms with van der Waals surface area (Å²) in [5.41, 5.74) is 0.924. The standard InChI is InChI=1S/C37H66O3/c1-4-5-6-7-8-9-10-11-12-13-14-15-16-17-18-19-20-21-22-23-24-25-26-27-28-29-30-31-34-32-35(39-2)33-36(40-3)37(34)38/h11-12,32-33,38H,4-10,13-31H2,1-3H3. The van der Waals surface area contributed by atoms with Crippen LogP contribution in [0.1, 0.15) is 173 Å². The predicted octanol–water partition coefficient (Wildman–Crippen LogP) is 12.3. The van der Waals surface area contributed by atoms with Crippen molar-refractivity contribution in [1.82, 2.24) is 0 Å². The number of rotatable bonds is 29. The molecule has 0 heterocycles. The first-order chi connectivity index (χ1) is 19.7. The lowest BCUT2D eigenvalue weighted by molar-refractivity contribution is 0.360. The monoisotopic (exact) mass is 559 g/mol. The number of unbranched alkanes of at least 4 members (excludes halogenated alkanes) is 23. The number of aryl methyl sites for hydroxylation is 1. The smallest absolute Gasteiger partial charge is 0.164 e. The summed E-state index contributed by atoms with van der Waals surface area (Å²) in [5.74, 6) is 1.50. The van der Waals surface area contributed by atoms with Gasteiger partial charge in [-0.2, -0.15) is 0 Å². The van der Waals surface area contributed by atoms with Crippen LogP contribution in [0.2, 0.25) is 0 Å². The van der Waals surface area contributed by atoms with Crippen molar-refractivity contribution in [2.24, 2.45) is 0 Å². The molecule has 0 amide bonds. The van der Waals surface area contributed by atoms with Crippen LogP contribution in [-0.2, 0) is 6.42 Å². The van der Waals surface area contributed by atoms with E-state index in [1.54, 1.807) is 20.3 Å². The van der Waals surface area contributed by atoms with Crippen LogP contribution in [0, 0.1) is 0 Å². The van der Waals surface area contributed by atoms with Crippen molar-refractivity contribution in [1.29, 1.82) is 0 Å². The first-order valence-corrected chi connectivity index (χ1v) is 17.3. The fourth-order valence-corrected chi connectivity index (χ4v) is 5.61. The lowest BCUT2D eigenvalue weighted by atomic mass is 10.0. The van der Waals surface area contributed by atoms with Gasteiger partial charge in [-0.15, -0.1) is 0 Å². The highest BCUT2D eigenvalue weighted by Gasteiger charge is 2.10. The molecule has 0 saturated heterocycles. The largest absolute Gasteiger partial charge is 0.504 e. The van der Waals surface area contributed by atoms with E-state index in [1.807, 2.05) is 6.07 Å². The molecular formula is C37H66O3. The van der Waals surface area contributed by atoms with Crippen molar-refractivity contribution in [3.05, 3.63) is 29.8 Å². The summed E-state index contributed by atoms with van der Waals surface area (Å²) < 4.78 is 10.6. The topological polar surface area (TPSA) is 38.7 Å². The molecule has 0 fully saturated rings.